The van der Waals surface area contributed by atoms with Crippen LogP contribution in [-0.4, -0.2) is 36.7 Å². The third kappa shape index (κ3) is 1.50. The largest absolute Gasteiger partial charge is 0.381 e. The lowest BCUT2D eigenvalue weighted by Crippen LogP contribution is -2.68. The van der Waals surface area contributed by atoms with E-state index in [-0.39, 0.29) is 0 Å². The van der Waals surface area contributed by atoms with Crippen LogP contribution in [0.4, 0.5) is 0 Å². The monoisotopic (exact) mass is 183 g/mol. The van der Waals surface area contributed by atoms with Gasteiger partial charge in [-0.25, -0.2) is 0 Å². The zero-order valence-electron chi connectivity index (χ0n) is 9.26. The molecule has 0 atom stereocenters. The molecule has 0 bridgehead atoms. The van der Waals surface area contributed by atoms with Crippen molar-refractivity contribution in [1.29, 1.82) is 0 Å². The quantitative estimate of drug-likeness (QED) is 0.615. The van der Waals surface area contributed by atoms with Crippen LogP contribution in [0.15, 0.2) is 0 Å². The van der Waals surface area contributed by atoms with Gasteiger partial charge in [0.1, 0.15) is 0 Å². The highest BCUT2D eigenvalue weighted by Gasteiger charge is 2.54. The minimum atomic E-state index is 0.364. The van der Waals surface area contributed by atoms with E-state index in [0.29, 0.717) is 17.1 Å². The van der Waals surface area contributed by atoms with Crippen LogP contribution in [0.1, 0.15) is 33.6 Å². The maximum absolute atomic E-state index is 5.32. The standard InChI is InChI=1S/C11H21NO/c1-10(2,3)12-7-11(8-12)5-9(6-11)13-4/h9H,5-8H2,1-4H3. The average Bonchev–Trinajstić information content (AvgIpc) is 1.78. The maximum Gasteiger partial charge on any atom is 0.0583 e. The van der Waals surface area contributed by atoms with Crippen molar-refractivity contribution in [3.05, 3.63) is 0 Å². The number of likely N-dealkylation sites (tertiary alicyclic amines) is 1. The zero-order chi connectivity index (χ0) is 9.69. The lowest BCUT2D eigenvalue weighted by Gasteiger charge is -2.62. The molecule has 2 nitrogen and oxygen atoms in total. The Morgan fingerprint density at radius 2 is 1.77 bits per heavy atom. The lowest BCUT2D eigenvalue weighted by atomic mass is 9.61. The topological polar surface area (TPSA) is 12.5 Å². The van der Waals surface area contributed by atoms with Crippen LogP contribution in [0.3, 0.4) is 0 Å². The van der Waals surface area contributed by atoms with Gasteiger partial charge in [0, 0.05) is 31.2 Å². The molecule has 1 saturated carbocycles. The molecule has 2 aliphatic rings. The van der Waals surface area contributed by atoms with E-state index in [1.165, 1.54) is 25.9 Å². The third-order valence-corrected chi connectivity index (χ3v) is 3.66. The van der Waals surface area contributed by atoms with Crippen molar-refractivity contribution >= 4 is 0 Å². The summed E-state index contributed by atoms with van der Waals surface area (Å²) in [6.07, 6.45) is 3.13. The summed E-state index contributed by atoms with van der Waals surface area (Å²) in [6, 6.07) is 0. The molecule has 1 saturated heterocycles. The van der Waals surface area contributed by atoms with Crippen molar-refractivity contribution in [1.82, 2.24) is 4.90 Å². The fourth-order valence-electron chi connectivity index (χ4n) is 2.57. The maximum atomic E-state index is 5.32. The van der Waals surface area contributed by atoms with Crippen molar-refractivity contribution < 1.29 is 4.74 Å². The van der Waals surface area contributed by atoms with Gasteiger partial charge in [-0.15, -0.1) is 0 Å². The molecule has 0 aromatic heterocycles. The Balaban J connectivity index is 1.80. The average molecular weight is 183 g/mol. The molecule has 0 aromatic carbocycles. The first-order valence-electron chi connectivity index (χ1n) is 5.23. The summed E-state index contributed by atoms with van der Waals surface area (Å²) in [6.45, 7) is 9.47. The highest BCUT2D eigenvalue weighted by Crippen LogP contribution is 2.51. The Labute approximate surface area is 81.3 Å². The van der Waals surface area contributed by atoms with Crippen LogP contribution in [0, 0.1) is 5.41 Å². The van der Waals surface area contributed by atoms with Gasteiger partial charge in [0.15, 0.2) is 0 Å². The molecule has 1 spiro atoms. The molecule has 0 N–H and O–H groups in total. The number of hydrogen-bond acceptors (Lipinski definition) is 2. The first-order chi connectivity index (χ1) is 5.95. The fraction of sp³-hybridized carbons (Fsp3) is 1.00. The van der Waals surface area contributed by atoms with Crippen LogP contribution >= 0.6 is 0 Å². The second-order valence-electron chi connectivity index (χ2n) is 5.79. The molecule has 0 aromatic rings. The normalized spacial score (nSPS) is 28.6. The predicted octanol–water partition coefficient (Wildman–Crippen LogP) is 1.90. The van der Waals surface area contributed by atoms with Crippen molar-refractivity contribution in [3.63, 3.8) is 0 Å². The second-order valence-corrected chi connectivity index (χ2v) is 5.79. The summed E-state index contributed by atoms with van der Waals surface area (Å²) >= 11 is 0. The number of methoxy groups -OCH3 is 1. The molecule has 0 radical (unpaired) electrons. The van der Waals surface area contributed by atoms with E-state index in [1.807, 2.05) is 7.11 Å². The molecular formula is C11H21NO. The van der Waals surface area contributed by atoms with Gasteiger partial charge in [-0.05, 0) is 33.6 Å². The van der Waals surface area contributed by atoms with Crippen molar-refractivity contribution in [2.24, 2.45) is 5.41 Å². The van der Waals surface area contributed by atoms with Gasteiger partial charge in [-0.3, -0.25) is 4.90 Å². The Morgan fingerprint density at radius 3 is 2.15 bits per heavy atom. The first-order valence-corrected chi connectivity index (χ1v) is 5.23. The Morgan fingerprint density at radius 1 is 1.23 bits per heavy atom. The van der Waals surface area contributed by atoms with Crippen LogP contribution in [0.5, 0.6) is 0 Å². The van der Waals surface area contributed by atoms with Gasteiger partial charge in [0.25, 0.3) is 0 Å². The van der Waals surface area contributed by atoms with Crippen LogP contribution in [-0.2, 0) is 4.74 Å². The molecule has 1 aliphatic heterocycles. The van der Waals surface area contributed by atoms with Crippen molar-refractivity contribution in [3.8, 4) is 0 Å². The van der Waals surface area contributed by atoms with E-state index in [4.69, 9.17) is 4.74 Å². The molecule has 1 heterocycles. The lowest BCUT2D eigenvalue weighted by molar-refractivity contribution is -0.163. The first kappa shape index (κ1) is 9.47. The molecule has 2 rings (SSSR count). The van der Waals surface area contributed by atoms with Gasteiger partial charge in [0.05, 0.1) is 6.10 Å². The van der Waals surface area contributed by atoms with Gasteiger partial charge in [-0.2, -0.15) is 0 Å². The molecule has 0 unspecified atom stereocenters. The van der Waals surface area contributed by atoms with Crippen LogP contribution in [0.2, 0.25) is 0 Å². The zero-order valence-corrected chi connectivity index (χ0v) is 9.26. The van der Waals surface area contributed by atoms with Crippen molar-refractivity contribution in [2.45, 2.75) is 45.3 Å². The SMILES string of the molecule is COC1CC2(C1)CN(C(C)(C)C)C2. The molecular weight excluding hydrogens is 162 g/mol. The predicted molar refractivity (Wildman–Crippen MR) is 53.8 cm³/mol. The van der Waals surface area contributed by atoms with Crippen LogP contribution in [0.25, 0.3) is 0 Å². The third-order valence-electron chi connectivity index (χ3n) is 3.66. The van der Waals surface area contributed by atoms with Gasteiger partial charge in [0.2, 0.25) is 0 Å². The Bertz CT molecular complexity index is 193. The molecule has 2 heteroatoms. The minimum absolute atomic E-state index is 0.364. The summed E-state index contributed by atoms with van der Waals surface area (Å²) in [5.41, 5.74) is 1.01. The molecule has 0 amide bonds. The van der Waals surface area contributed by atoms with E-state index in [0.717, 1.165) is 0 Å². The van der Waals surface area contributed by atoms with E-state index in [1.54, 1.807) is 0 Å². The summed E-state index contributed by atoms with van der Waals surface area (Å²) in [5, 5.41) is 0. The fourth-order valence-corrected chi connectivity index (χ4v) is 2.57. The number of ether oxygens (including phenoxy) is 1. The van der Waals surface area contributed by atoms with Crippen molar-refractivity contribution in [2.75, 3.05) is 20.2 Å². The number of hydrogen-bond donors (Lipinski definition) is 0. The molecule has 13 heavy (non-hydrogen) atoms. The molecule has 1 aliphatic carbocycles. The Kier molecular flexibility index (Phi) is 1.97. The Hall–Kier alpha value is -0.0800. The molecule has 76 valence electrons. The van der Waals surface area contributed by atoms with E-state index >= 15 is 0 Å². The highest BCUT2D eigenvalue weighted by molar-refractivity contribution is 5.07. The minimum Gasteiger partial charge on any atom is -0.381 e. The summed E-state index contributed by atoms with van der Waals surface area (Å²) in [7, 11) is 1.83. The smallest absolute Gasteiger partial charge is 0.0583 e. The highest BCUT2D eigenvalue weighted by atomic mass is 16.5. The summed E-state index contributed by atoms with van der Waals surface area (Å²) < 4.78 is 5.32. The van der Waals surface area contributed by atoms with Gasteiger partial charge in [-0.1, -0.05) is 0 Å². The summed E-state index contributed by atoms with van der Waals surface area (Å²) in [4.78, 5) is 2.57. The van der Waals surface area contributed by atoms with Gasteiger partial charge < -0.3 is 4.74 Å². The van der Waals surface area contributed by atoms with E-state index in [9.17, 15) is 0 Å². The number of nitrogens with zero attached hydrogens (tertiary/aromatic N) is 1. The summed E-state index contributed by atoms with van der Waals surface area (Å²) in [5.74, 6) is 0. The van der Waals surface area contributed by atoms with Crippen LogP contribution < -0.4 is 0 Å². The number of rotatable bonds is 1. The molecule has 2 fully saturated rings. The van der Waals surface area contributed by atoms with Gasteiger partial charge >= 0.3 is 0 Å². The second kappa shape index (κ2) is 2.71. The van der Waals surface area contributed by atoms with E-state index in [2.05, 4.69) is 25.7 Å². The van der Waals surface area contributed by atoms with E-state index < -0.39 is 0 Å².